The third-order valence-corrected chi connectivity index (χ3v) is 2.52. The maximum Gasteiger partial charge on any atom is 0.404 e. The van der Waals surface area contributed by atoms with Gasteiger partial charge in [-0.25, -0.2) is 4.79 Å². The number of hydrogen-bond donors (Lipinski definition) is 2. The van der Waals surface area contributed by atoms with E-state index in [-0.39, 0.29) is 4.33 Å². The second-order valence-corrected chi connectivity index (χ2v) is 4.24. The van der Waals surface area contributed by atoms with E-state index >= 15 is 0 Å². The molecule has 0 heterocycles. The molecule has 5 heteroatoms. The maximum absolute atomic E-state index is 9.49. The Morgan fingerprint density at radius 3 is 2.08 bits per heavy atom. The third kappa shape index (κ3) is 5.49. The van der Waals surface area contributed by atoms with Crippen LogP contribution < -0.4 is 5.32 Å². The van der Waals surface area contributed by atoms with Crippen molar-refractivity contribution in [1.82, 2.24) is 5.32 Å². The van der Waals surface area contributed by atoms with Crippen molar-refractivity contribution in [3.8, 4) is 0 Å². The topological polar surface area (TPSA) is 49.3 Å². The minimum atomic E-state index is -0.961. The Kier molecular flexibility index (Phi) is 4.71. The zero-order chi connectivity index (χ0) is 9.78. The van der Waals surface area contributed by atoms with Gasteiger partial charge in [0.15, 0.2) is 0 Å². The molecule has 0 aliphatic heterocycles. The smallest absolute Gasteiger partial charge is 0.404 e. The van der Waals surface area contributed by atoms with E-state index in [1.54, 1.807) is 6.92 Å². The highest BCUT2D eigenvalue weighted by atomic mass is 35.5. The van der Waals surface area contributed by atoms with Crippen molar-refractivity contribution in [1.29, 1.82) is 0 Å². The lowest BCUT2D eigenvalue weighted by Gasteiger charge is -1.87. The summed E-state index contributed by atoms with van der Waals surface area (Å²) in [6.07, 6.45) is 0.00772. The van der Waals surface area contributed by atoms with E-state index in [1.807, 2.05) is 6.92 Å². The van der Waals surface area contributed by atoms with Gasteiger partial charge in [0.05, 0.1) is 0 Å². The number of carboxylic acid groups (broad SMARTS) is 1. The molecule has 1 aliphatic carbocycles. The molecule has 1 unspecified atom stereocenters. The maximum atomic E-state index is 9.49. The van der Waals surface area contributed by atoms with Crippen LogP contribution in [0.2, 0.25) is 0 Å². The molecule has 0 radical (unpaired) electrons. The minimum absolute atomic E-state index is 0.347. The first kappa shape index (κ1) is 11.8. The number of rotatable bonds is 1. The molecule has 2 N–H and O–H groups in total. The molecular weight excluding hydrogens is 201 g/mol. The Labute approximate surface area is 82.0 Å². The molecule has 1 rings (SSSR count). The fourth-order valence-corrected chi connectivity index (χ4v) is 0.963. The van der Waals surface area contributed by atoms with Crippen molar-refractivity contribution < 1.29 is 9.90 Å². The second kappa shape index (κ2) is 4.77. The zero-order valence-corrected chi connectivity index (χ0v) is 8.61. The second-order valence-electron chi connectivity index (χ2n) is 2.70. The molecule has 0 aromatic carbocycles. The molecular formula is C7H13Cl2NO2. The molecule has 1 amide bonds. The van der Waals surface area contributed by atoms with Gasteiger partial charge in [-0.15, -0.1) is 23.2 Å². The molecule has 12 heavy (non-hydrogen) atoms. The minimum Gasteiger partial charge on any atom is -0.465 e. The van der Waals surface area contributed by atoms with Gasteiger partial charge in [-0.2, -0.15) is 0 Å². The number of halogens is 2. The fourth-order valence-electron chi connectivity index (χ4n) is 0.501. The Bertz CT molecular complexity index is 161. The van der Waals surface area contributed by atoms with E-state index in [4.69, 9.17) is 28.3 Å². The summed E-state index contributed by atoms with van der Waals surface area (Å²) in [5.41, 5.74) is 0. The summed E-state index contributed by atoms with van der Waals surface area (Å²) in [5, 5.41) is 9.93. The van der Waals surface area contributed by atoms with E-state index in [0.29, 0.717) is 12.5 Å². The first-order chi connectivity index (χ1) is 5.40. The highest BCUT2D eigenvalue weighted by Crippen LogP contribution is 2.52. The van der Waals surface area contributed by atoms with Crippen LogP contribution in [-0.2, 0) is 0 Å². The number of alkyl halides is 2. The van der Waals surface area contributed by atoms with Crippen LogP contribution >= 0.6 is 23.2 Å². The molecule has 0 aromatic rings. The summed E-state index contributed by atoms with van der Waals surface area (Å²) in [5.74, 6) is 0.529. The van der Waals surface area contributed by atoms with Crippen molar-refractivity contribution in [3.63, 3.8) is 0 Å². The van der Waals surface area contributed by atoms with Crippen LogP contribution in [0.4, 0.5) is 4.79 Å². The lowest BCUT2D eigenvalue weighted by Crippen LogP contribution is -2.19. The highest BCUT2D eigenvalue weighted by Gasteiger charge is 2.47. The monoisotopic (exact) mass is 213 g/mol. The molecule has 1 atom stereocenters. The van der Waals surface area contributed by atoms with Crippen molar-refractivity contribution in [3.05, 3.63) is 0 Å². The summed E-state index contributed by atoms with van der Waals surface area (Å²) >= 11 is 11.1. The van der Waals surface area contributed by atoms with Gasteiger partial charge >= 0.3 is 6.09 Å². The van der Waals surface area contributed by atoms with Crippen LogP contribution in [0.3, 0.4) is 0 Å². The predicted octanol–water partition coefficient (Wildman–Crippen LogP) is 2.47. The Hall–Kier alpha value is -0.150. The standard InChI is InChI=1S/C4H6Cl2.C3H7NO2/c1-3-2-4(3,5)6;1-2-4-3(5)6/h3H,2H2,1H3;4H,2H2,1H3,(H,5,6). The van der Waals surface area contributed by atoms with Crippen molar-refractivity contribution in [2.24, 2.45) is 5.92 Å². The van der Waals surface area contributed by atoms with Gasteiger partial charge in [0.25, 0.3) is 0 Å². The van der Waals surface area contributed by atoms with Gasteiger partial charge in [-0.05, 0) is 19.3 Å². The number of amides is 1. The average Bonchev–Trinajstić information content (AvgIpc) is 2.37. The Balaban J connectivity index is 0.000000202. The Morgan fingerprint density at radius 2 is 2.08 bits per heavy atom. The number of nitrogens with one attached hydrogen (secondary N) is 1. The van der Waals surface area contributed by atoms with Gasteiger partial charge < -0.3 is 10.4 Å². The molecule has 1 saturated carbocycles. The SMILES string of the molecule is CC1CC1(Cl)Cl.CCNC(=O)O. The van der Waals surface area contributed by atoms with Crippen LogP contribution in [0.25, 0.3) is 0 Å². The molecule has 1 fully saturated rings. The van der Waals surface area contributed by atoms with Crippen LogP contribution in [0, 0.1) is 5.92 Å². The largest absolute Gasteiger partial charge is 0.465 e. The fraction of sp³-hybridized carbons (Fsp3) is 0.857. The first-order valence-electron chi connectivity index (χ1n) is 3.74. The number of hydrogen-bond acceptors (Lipinski definition) is 1. The summed E-state index contributed by atoms with van der Waals surface area (Å²) in [7, 11) is 0. The van der Waals surface area contributed by atoms with Crippen molar-refractivity contribution in [2.45, 2.75) is 24.6 Å². The number of carbonyl (C=O) groups is 1. The van der Waals surface area contributed by atoms with Gasteiger partial charge in [-0.3, -0.25) is 0 Å². The molecule has 0 aromatic heterocycles. The highest BCUT2D eigenvalue weighted by molar-refractivity contribution is 6.50. The quantitative estimate of drug-likeness (QED) is 0.658. The van der Waals surface area contributed by atoms with E-state index in [2.05, 4.69) is 5.32 Å². The van der Waals surface area contributed by atoms with E-state index in [1.165, 1.54) is 0 Å². The summed E-state index contributed by atoms with van der Waals surface area (Å²) < 4.78 is -0.347. The van der Waals surface area contributed by atoms with E-state index in [9.17, 15) is 4.79 Å². The lowest BCUT2D eigenvalue weighted by atomic mass is 10.5. The van der Waals surface area contributed by atoms with Crippen LogP contribution in [0.5, 0.6) is 0 Å². The Morgan fingerprint density at radius 1 is 1.75 bits per heavy atom. The first-order valence-corrected chi connectivity index (χ1v) is 4.50. The summed E-state index contributed by atoms with van der Waals surface area (Å²) in [4.78, 5) is 9.49. The van der Waals surface area contributed by atoms with Gasteiger partial charge in [-0.1, -0.05) is 6.92 Å². The molecule has 0 spiro atoms. The zero-order valence-electron chi connectivity index (χ0n) is 7.10. The van der Waals surface area contributed by atoms with Crippen molar-refractivity contribution >= 4 is 29.3 Å². The molecule has 0 saturated heterocycles. The van der Waals surface area contributed by atoms with E-state index < -0.39 is 6.09 Å². The molecule has 0 bridgehead atoms. The van der Waals surface area contributed by atoms with Gasteiger partial charge in [0, 0.05) is 6.54 Å². The lowest BCUT2D eigenvalue weighted by molar-refractivity contribution is 0.195. The third-order valence-electron chi connectivity index (χ3n) is 1.47. The van der Waals surface area contributed by atoms with Crippen molar-refractivity contribution in [2.75, 3.05) is 6.54 Å². The molecule has 72 valence electrons. The van der Waals surface area contributed by atoms with E-state index in [0.717, 1.165) is 6.42 Å². The van der Waals surface area contributed by atoms with Gasteiger partial charge in [0.1, 0.15) is 4.33 Å². The molecule has 3 nitrogen and oxygen atoms in total. The average molecular weight is 214 g/mol. The summed E-state index contributed by atoms with van der Waals surface area (Å²) in [6.45, 7) is 4.25. The normalized spacial score (nSPS) is 23.5. The van der Waals surface area contributed by atoms with Crippen LogP contribution in [-0.4, -0.2) is 22.1 Å². The summed E-state index contributed by atoms with van der Waals surface area (Å²) in [6, 6.07) is 0. The molecule has 1 aliphatic rings. The van der Waals surface area contributed by atoms with Crippen LogP contribution in [0.15, 0.2) is 0 Å². The van der Waals surface area contributed by atoms with Crippen LogP contribution in [0.1, 0.15) is 20.3 Å². The van der Waals surface area contributed by atoms with Gasteiger partial charge in [0.2, 0.25) is 0 Å². The predicted molar refractivity (Wildman–Crippen MR) is 49.9 cm³/mol.